The molecule has 1 saturated heterocycles. The van der Waals surface area contributed by atoms with Gasteiger partial charge in [0, 0.05) is 32.4 Å². The van der Waals surface area contributed by atoms with Crippen molar-refractivity contribution >= 4 is 5.91 Å². The van der Waals surface area contributed by atoms with Crippen molar-refractivity contribution in [3.63, 3.8) is 0 Å². The van der Waals surface area contributed by atoms with Crippen LogP contribution < -0.4 is 0 Å². The molecule has 0 aliphatic carbocycles. The molecule has 2 aromatic rings. The summed E-state index contributed by atoms with van der Waals surface area (Å²) in [5, 5.41) is 8.17. The number of aromatic nitrogens is 4. The molecular weight excluding hydrogens is 338 g/mol. The van der Waals surface area contributed by atoms with Crippen LogP contribution >= 0.6 is 0 Å². The van der Waals surface area contributed by atoms with Crippen LogP contribution in [0.25, 0.3) is 0 Å². The van der Waals surface area contributed by atoms with E-state index >= 15 is 0 Å². The van der Waals surface area contributed by atoms with Gasteiger partial charge in [-0.3, -0.25) is 9.48 Å². The number of methoxy groups -OCH3 is 1. The first kappa shape index (κ1) is 18.5. The maximum absolute atomic E-state index is 12.9. The molecule has 1 aliphatic heterocycles. The number of hydrogen-bond donors (Lipinski definition) is 0. The Kier molecular flexibility index (Phi) is 6.00. The molecule has 0 N–H and O–H groups in total. The lowest BCUT2D eigenvalue weighted by Gasteiger charge is -2.32. The van der Waals surface area contributed by atoms with Crippen LogP contribution in [0.3, 0.4) is 0 Å². The van der Waals surface area contributed by atoms with Gasteiger partial charge in [-0.1, -0.05) is 12.1 Å². The van der Waals surface area contributed by atoms with Gasteiger partial charge in [0.05, 0.1) is 30.9 Å². The number of rotatable bonds is 7. The number of hydrogen-bond acceptors (Lipinski definition) is 7. The zero-order chi connectivity index (χ0) is 18.5. The summed E-state index contributed by atoms with van der Waals surface area (Å²) < 4.78 is 17.8. The fourth-order valence-electron chi connectivity index (χ4n) is 3.05. The number of carbonyl (C=O) groups is 1. The smallest absolute Gasteiger partial charge is 0.257 e. The maximum Gasteiger partial charge on any atom is 0.257 e. The largest absolute Gasteiger partial charge is 0.377 e. The minimum Gasteiger partial charge on any atom is -0.377 e. The van der Waals surface area contributed by atoms with Gasteiger partial charge >= 0.3 is 0 Å². The molecule has 1 atom stereocenters. The SMILES string of the molecule is CCCn1ncc(C(=O)N2CCO[C@H](Cc3nc(COC)no3)C2)c1C. The monoisotopic (exact) mass is 363 g/mol. The predicted octanol–water partition coefficient (Wildman–Crippen LogP) is 1.21. The van der Waals surface area contributed by atoms with E-state index in [1.807, 2.05) is 11.6 Å². The summed E-state index contributed by atoms with van der Waals surface area (Å²) in [6, 6.07) is 0. The second kappa shape index (κ2) is 8.41. The van der Waals surface area contributed by atoms with Gasteiger partial charge in [0.1, 0.15) is 6.61 Å². The maximum atomic E-state index is 12.9. The molecule has 142 valence electrons. The lowest BCUT2D eigenvalue weighted by molar-refractivity contribution is -0.0237. The van der Waals surface area contributed by atoms with E-state index in [4.69, 9.17) is 14.0 Å². The average Bonchev–Trinajstić information content (AvgIpc) is 3.22. The van der Waals surface area contributed by atoms with E-state index in [1.165, 1.54) is 0 Å². The van der Waals surface area contributed by atoms with Crippen molar-refractivity contribution in [3.8, 4) is 0 Å². The quantitative estimate of drug-likeness (QED) is 0.730. The highest BCUT2D eigenvalue weighted by molar-refractivity contribution is 5.95. The standard InChI is InChI=1S/C17H25N5O4/c1-4-5-22-12(2)14(9-18-22)17(23)21-6-7-25-13(10-21)8-16-19-15(11-24-3)20-26-16/h9,13H,4-8,10-11H2,1-3H3/t13-/m1/s1. The van der Waals surface area contributed by atoms with E-state index in [2.05, 4.69) is 22.2 Å². The Hall–Kier alpha value is -2.26. The number of nitrogens with zero attached hydrogens (tertiary/aromatic N) is 5. The molecule has 0 radical (unpaired) electrons. The van der Waals surface area contributed by atoms with Gasteiger partial charge in [-0.05, 0) is 13.3 Å². The molecule has 9 nitrogen and oxygen atoms in total. The first-order valence-corrected chi connectivity index (χ1v) is 8.86. The Bertz CT molecular complexity index is 741. The topological polar surface area (TPSA) is 95.5 Å². The number of aryl methyl sites for hydroxylation is 1. The fourth-order valence-corrected chi connectivity index (χ4v) is 3.05. The van der Waals surface area contributed by atoms with Gasteiger partial charge in [-0.2, -0.15) is 10.1 Å². The van der Waals surface area contributed by atoms with Crippen molar-refractivity contribution in [2.24, 2.45) is 0 Å². The summed E-state index contributed by atoms with van der Waals surface area (Å²) in [6.45, 7) is 6.67. The summed E-state index contributed by atoms with van der Waals surface area (Å²) >= 11 is 0. The minimum atomic E-state index is -0.172. The highest BCUT2D eigenvalue weighted by atomic mass is 16.5. The Balaban J connectivity index is 1.63. The molecule has 0 spiro atoms. The van der Waals surface area contributed by atoms with Crippen LogP contribution in [0.2, 0.25) is 0 Å². The molecule has 26 heavy (non-hydrogen) atoms. The zero-order valence-corrected chi connectivity index (χ0v) is 15.5. The van der Waals surface area contributed by atoms with Crippen molar-refractivity contribution in [1.29, 1.82) is 0 Å². The Morgan fingerprint density at radius 3 is 3.08 bits per heavy atom. The second-order valence-corrected chi connectivity index (χ2v) is 6.35. The van der Waals surface area contributed by atoms with Crippen molar-refractivity contribution < 1.29 is 18.8 Å². The summed E-state index contributed by atoms with van der Waals surface area (Å²) in [4.78, 5) is 18.9. The number of ether oxygens (including phenoxy) is 2. The molecule has 2 aromatic heterocycles. The van der Waals surface area contributed by atoms with Crippen molar-refractivity contribution in [1.82, 2.24) is 24.8 Å². The highest BCUT2D eigenvalue weighted by Crippen LogP contribution is 2.16. The van der Waals surface area contributed by atoms with Gasteiger partial charge in [-0.15, -0.1) is 0 Å². The molecule has 9 heteroatoms. The summed E-state index contributed by atoms with van der Waals surface area (Å²) in [6.07, 6.45) is 2.93. The van der Waals surface area contributed by atoms with Crippen LogP contribution in [0.4, 0.5) is 0 Å². The Morgan fingerprint density at radius 1 is 1.46 bits per heavy atom. The molecule has 0 saturated carbocycles. The minimum absolute atomic E-state index is 0.0104. The Labute approximate surface area is 152 Å². The Morgan fingerprint density at radius 2 is 2.31 bits per heavy atom. The van der Waals surface area contributed by atoms with Crippen LogP contribution in [-0.2, 0) is 29.0 Å². The van der Waals surface area contributed by atoms with E-state index in [1.54, 1.807) is 18.2 Å². The first-order chi connectivity index (χ1) is 12.6. The third kappa shape index (κ3) is 4.10. The first-order valence-electron chi connectivity index (χ1n) is 8.86. The molecule has 0 bridgehead atoms. The molecule has 0 aromatic carbocycles. The molecule has 3 heterocycles. The number of carbonyl (C=O) groups excluding carboxylic acids is 1. The van der Waals surface area contributed by atoms with E-state index < -0.39 is 0 Å². The highest BCUT2D eigenvalue weighted by Gasteiger charge is 2.28. The molecule has 1 aliphatic rings. The average molecular weight is 363 g/mol. The van der Waals surface area contributed by atoms with Crippen LogP contribution in [0.1, 0.15) is 41.1 Å². The van der Waals surface area contributed by atoms with Gasteiger partial charge < -0.3 is 18.9 Å². The summed E-state index contributed by atoms with van der Waals surface area (Å²) in [7, 11) is 1.58. The van der Waals surface area contributed by atoms with Crippen molar-refractivity contribution in [3.05, 3.63) is 29.2 Å². The fraction of sp³-hybridized carbons (Fsp3) is 0.647. The van der Waals surface area contributed by atoms with Gasteiger partial charge in [0.2, 0.25) is 5.89 Å². The van der Waals surface area contributed by atoms with Gasteiger partial charge in [0.15, 0.2) is 5.82 Å². The van der Waals surface area contributed by atoms with Gasteiger partial charge in [-0.25, -0.2) is 0 Å². The van der Waals surface area contributed by atoms with Crippen molar-refractivity contribution in [2.75, 3.05) is 26.8 Å². The lowest BCUT2D eigenvalue weighted by Crippen LogP contribution is -2.46. The third-order valence-electron chi connectivity index (χ3n) is 4.38. The number of morpholine rings is 1. The summed E-state index contributed by atoms with van der Waals surface area (Å²) in [5.74, 6) is 0.984. The zero-order valence-electron chi connectivity index (χ0n) is 15.5. The van der Waals surface area contributed by atoms with E-state index in [9.17, 15) is 4.79 Å². The van der Waals surface area contributed by atoms with Crippen LogP contribution in [-0.4, -0.2) is 63.6 Å². The van der Waals surface area contributed by atoms with Crippen LogP contribution in [0, 0.1) is 6.92 Å². The van der Waals surface area contributed by atoms with Crippen LogP contribution in [0.5, 0.6) is 0 Å². The summed E-state index contributed by atoms with van der Waals surface area (Å²) in [5.41, 5.74) is 1.56. The molecule has 3 rings (SSSR count). The molecule has 0 unspecified atom stereocenters. The third-order valence-corrected chi connectivity index (χ3v) is 4.38. The lowest BCUT2D eigenvalue weighted by atomic mass is 10.1. The van der Waals surface area contributed by atoms with Crippen molar-refractivity contribution in [2.45, 2.75) is 45.9 Å². The van der Waals surface area contributed by atoms with E-state index in [0.29, 0.717) is 50.0 Å². The molecular formula is C17H25N5O4. The van der Waals surface area contributed by atoms with Crippen LogP contribution in [0.15, 0.2) is 10.7 Å². The normalized spacial score (nSPS) is 17.7. The molecule has 1 fully saturated rings. The predicted molar refractivity (Wildman–Crippen MR) is 91.6 cm³/mol. The number of amides is 1. The van der Waals surface area contributed by atoms with E-state index in [-0.39, 0.29) is 12.0 Å². The molecule has 1 amide bonds. The van der Waals surface area contributed by atoms with Gasteiger partial charge in [0.25, 0.3) is 5.91 Å². The second-order valence-electron chi connectivity index (χ2n) is 6.35. The van der Waals surface area contributed by atoms with E-state index in [0.717, 1.165) is 18.7 Å².